The van der Waals surface area contributed by atoms with Gasteiger partial charge in [0.25, 0.3) is 0 Å². The summed E-state index contributed by atoms with van der Waals surface area (Å²) in [4.78, 5) is 25.3. The number of aromatic carboxylic acids is 1. The van der Waals surface area contributed by atoms with Crippen LogP contribution in [0.5, 0.6) is 11.5 Å². The molecule has 6 nitrogen and oxygen atoms in total. The molecule has 0 saturated heterocycles. The second kappa shape index (κ2) is 7.79. The lowest BCUT2D eigenvalue weighted by Gasteiger charge is -2.25. The molecule has 0 saturated carbocycles. The zero-order chi connectivity index (χ0) is 21.4. The third-order valence-corrected chi connectivity index (χ3v) is 6.32. The molecule has 0 unspecified atom stereocenters. The van der Waals surface area contributed by atoms with Crippen molar-refractivity contribution in [3.63, 3.8) is 0 Å². The predicted octanol–water partition coefficient (Wildman–Crippen LogP) is 4.74. The monoisotopic (exact) mass is 427 g/mol. The molecule has 0 bridgehead atoms. The van der Waals surface area contributed by atoms with Crippen molar-refractivity contribution >= 4 is 28.9 Å². The Balaban J connectivity index is 1.96. The van der Waals surface area contributed by atoms with Gasteiger partial charge in [0.05, 0.1) is 19.9 Å². The fourth-order valence-electron chi connectivity index (χ4n) is 3.72. The Kier molecular flexibility index (Phi) is 5.17. The zero-order valence-corrected chi connectivity index (χ0v) is 17.0. The average Bonchev–Trinajstić information content (AvgIpc) is 3.12. The van der Waals surface area contributed by atoms with Gasteiger partial charge in [-0.2, -0.15) is 0 Å². The molecular formula is C22H18FNO5S. The number of methoxy groups -OCH3 is 2. The number of rotatable bonds is 5. The van der Waals surface area contributed by atoms with E-state index in [2.05, 4.69) is 5.32 Å². The van der Waals surface area contributed by atoms with E-state index >= 15 is 0 Å². The molecule has 1 atom stereocenters. The van der Waals surface area contributed by atoms with E-state index < -0.39 is 17.7 Å². The number of amides is 1. The van der Waals surface area contributed by atoms with E-state index in [9.17, 15) is 19.1 Å². The van der Waals surface area contributed by atoms with Gasteiger partial charge in [-0.1, -0.05) is 12.1 Å². The number of carboxylic acids is 1. The average molecular weight is 427 g/mol. The molecule has 30 heavy (non-hydrogen) atoms. The van der Waals surface area contributed by atoms with E-state index in [4.69, 9.17) is 9.47 Å². The standard InChI is InChI=1S/C22H18FNO5S/c1-28-13-6-7-16(29-2)14(9-13)15-10-17(25)24-19-18(11-4-3-5-12(23)8-11)21(22(26)27)30-20(15)19/h3-9,15H,10H2,1-2H3,(H,24,25)(H,26,27)/t15-/m0/s1. The molecule has 8 heteroatoms. The van der Waals surface area contributed by atoms with Gasteiger partial charge < -0.3 is 19.9 Å². The number of carbonyl (C=O) groups is 2. The van der Waals surface area contributed by atoms with E-state index in [0.29, 0.717) is 33.2 Å². The summed E-state index contributed by atoms with van der Waals surface area (Å²) < 4.78 is 24.7. The summed E-state index contributed by atoms with van der Waals surface area (Å²) in [6.07, 6.45) is 0.124. The zero-order valence-electron chi connectivity index (χ0n) is 16.2. The van der Waals surface area contributed by atoms with Crippen molar-refractivity contribution in [2.75, 3.05) is 19.5 Å². The highest BCUT2D eigenvalue weighted by atomic mass is 32.1. The Bertz CT molecular complexity index is 1160. The number of thiophene rings is 1. The topological polar surface area (TPSA) is 84.9 Å². The Morgan fingerprint density at radius 3 is 2.67 bits per heavy atom. The maximum Gasteiger partial charge on any atom is 0.346 e. The minimum atomic E-state index is -1.14. The number of benzene rings is 2. The summed E-state index contributed by atoms with van der Waals surface area (Å²) in [6.45, 7) is 0. The normalized spacial score (nSPS) is 15.3. The van der Waals surface area contributed by atoms with Gasteiger partial charge in [-0.15, -0.1) is 11.3 Å². The van der Waals surface area contributed by atoms with Crippen LogP contribution in [0.1, 0.15) is 32.5 Å². The molecule has 0 fully saturated rings. The Hall–Kier alpha value is -3.39. The summed E-state index contributed by atoms with van der Waals surface area (Å²) in [6, 6.07) is 11.0. The predicted molar refractivity (Wildman–Crippen MR) is 111 cm³/mol. The minimum Gasteiger partial charge on any atom is -0.497 e. The van der Waals surface area contributed by atoms with Crippen LogP contribution < -0.4 is 14.8 Å². The summed E-state index contributed by atoms with van der Waals surface area (Å²) in [5, 5.41) is 12.6. The molecule has 154 valence electrons. The SMILES string of the molecule is COc1ccc(OC)c([C@@H]2CC(=O)Nc3c2sc(C(=O)O)c3-c2cccc(F)c2)c1. The first-order valence-electron chi connectivity index (χ1n) is 9.10. The van der Waals surface area contributed by atoms with Gasteiger partial charge in [0.15, 0.2) is 0 Å². The number of fused-ring (bicyclic) bond motifs is 1. The molecule has 0 radical (unpaired) electrons. The lowest BCUT2D eigenvalue weighted by molar-refractivity contribution is -0.116. The van der Waals surface area contributed by atoms with Crippen LogP contribution in [0.15, 0.2) is 42.5 Å². The fourth-order valence-corrected chi connectivity index (χ4v) is 4.96. The van der Waals surface area contributed by atoms with E-state index in [1.165, 1.54) is 25.3 Å². The van der Waals surface area contributed by atoms with Gasteiger partial charge in [-0.3, -0.25) is 4.79 Å². The molecule has 0 spiro atoms. The maximum atomic E-state index is 13.9. The maximum absolute atomic E-state index is 13.9. The highest BCUT2D eigenvalue weighted by Crippen LogP contribution is 2.51. The Morgan fingerprint density at radius 2 is 2.00 bits per heavy atom. The van der Waals surface area contributed by atoms with Crippen LogP contribution in [-0.2, 0) is 4.79 Å². The number of ether oxygens (including phenoxy) is 2. The molecule has 0 aliphatic carbocycles. The molecule has 1 aliphatic heterocycles. The third-order valence-electron chi connectivity index (χ3n) is 5.03. The van der Waals surface area contributed by atoms with Gasteiger partial charge in [0.2, 0.25) is 5.91 Å². The van der Waals surface area contributed by atoms with E-state index in [1.54, 1.807) is 31.4 Å². The first-order chi connectivity index (χ1) is 14.4. The third kappa shape index (κ3) is 3.39. The molecule has 2 aromatic carbocycles. The number of hydrogen-bond donors (Lipinski definition) is 2. The van der Waals surface area contributed by atoms with Crippen LogP contribution in [0.3, 0.4) is 0 Å². The molecular weight excluding hydrogens is 409 g/mol. The van der Waals surface area contributed by atoms with Crippen LogP contribution in [0, 0.1) is 5.82 Å². The summed E-state index contributed by atoms with van der Waals surface area (Å²) >= 11 is 1.08. The van der Waals surface area contributed by atoms with Crippen molar-refractivity contribution in [1.82, 2.24) is 0 Å². The van der Waals surface area contributed by atoms with Gasteiger partial charge in [-0.05, 0) is 35.9 Å². The number of carbonyl (C=O) groups excluding carboxylic acids is 1. The second-order valence-corrected chi connectivity index (χ2v) is 7.83. The summed E-state index contributed by atoms with van der Waals surface area (Å²) in [5.74, 6) is -1.15. The van der Waals surface area contributed by atoms with Crippen molar-refractivity contribution in [1.29, 1.82) is 0 Å². The summed E-state index contributed by atoms with van der Waals surface area (Å²) in [7, 11) is 3.07. The number of hydrogen-bond acceptors (Lipinski definition) is 5. The summed E-state index contributed by atoms with van der Waals surface area (Å²) in [5.41, 5.74) is 1.82. The van der Waals surface area contributed by atoms with Gasteiger partial charge >= 0.3 is 5.97 Å². The van der Waals surface area contributed by atoms with E-state index in [0.717, 1.165) is 16.9 Å². The first-order valence-corrected chi connectivity index (χ1v) is 9.92. The number of carboxylic acid groups (broad SMARTS) is 1. The van der Waals surface area contributed by atoms with E-state index in [-0.39, 0.29) is 17.2 Å². The molecule has 1 amide bonds. The molecule has 1 aromatic heterocycles. The lowest BCUT2D eigenvalue weighted by atomic mass is 9.88. The highest BCUT2D eigenvalue weighted by molar-refractivity contribution is 7.15. The van der Waals surface area contributed by atoms with Crippen LogP contribution in [0.2, 0.25) is 0 Å². The number of halogens is 1. The minimum absolute atomic E-state index is 0.0414. The van der Waals surface area contributed by atoms with Gasteiger partial charge in [-0.25, -0.2) is 9.18 Å². The molecule has 1 aliphatic rings. The number of nitrogens with one attached hydrogen (secondary N) is 1. The molecule has 2 heterocycles. The quantitative estimate of drug-likeness (QED) is 0.614. The van der Waals surface area contributed by atoms with Crippen molar-refractivity contribution in [3.05, 3.63) is 63.6 Å². The van der Waals surface area contributed by atoms with Gasteiger partial charge in [0, 0.05) is 28.3 Å². The van der Waals surface area contributed by atoms with Crippen molar-refractivity contribution in [2.45, 2.75) is 12.3 Å². The molecule has 4 rings (SSSR count). The fraction of sp³-hybridized carbons (Fsp3) is 0.182. The first kappa shape index (κ1) is 19.9. The van der Waals surface area contributed by atoms with Gasteiger partial charge in [0.1, 0.15) is 22.2 Å². The van der Waals surface area contributed by atoms with Crippen LogP contribution >= 0.6 is 11.3 Å². The number of anilines is 1. The van der Waals surface area contributed by atoms with Crippen molar-refractivity contribution < 1.29 is 28.6 Å². The Morgan fingerprint density at radius 1 is 1.20 bits per heavy atom. The molecule has 3 aromatic rings. The second-order valence-electron chi connectivity index (χ2n) is 6.77. The van der Waals surface area contributed by atoms with Crippen LogP contribution in [-0.4, -0.2) is 31.2 Å². The van der Waals surface area contributed by atoms with Crippen molar-refractivity contribution in [2.24, 2.45) is 0 Å². The smallest absolute Gasteiger partial charge is 0.346 e. The van der Waals surface area contributed by atoms with Crippen LogP contribution in [0.25, 0.3) is 11.1 Å². The van der Waals surface area contributed by atoms with Crippen LogP contribution in [0.4, 0.5) is 10.1 Å². The largest absolute Gasteiger partial charge is 0.497 e. The Labute approximate surface area is 175 Å². The lowest BCUT2D eigenvalue weighted by Crippen LogP contribution is -2.22. The van der Waals surface area contributed by atoms with E-state index in [1.807, 2.05) is 0 Å². The molecule has 2 N–H and O–H groups in total. The van der Waals surface area contributed by atoms with Crippen molar-refractivity contribution in [3.8, 4) is 22.6 Å². The highest BCUT2D eigenvalue weighted by Gasteiger charge is 2.36.